The molecule has 1 heterocycles. The molecule has 1 N–H and O–H groups in total. The zero-order valence-corrected chi connectivity index (χ0v) is 17.7. The Morgan fingerprint density at radius 3 is 2.73 bits per heavy atom. The molecule has 0 fully saturated rings. The molecule has 1 aliphatic heterocycles. The number of fused-ring (bicyclic) bond motifs is 1. The fraction of sp³-hybridized carbons (Fsp3) is 0.240. The summed E-state index contributed by atoms with van der Waals surface area (Å²) >= 11 is 6.28. The van der Waals surface area contributed by atoms with Gasteiger partial charge in [-0.15, -0.1) is 0 Å². The van der Waals surface area contributed by atoms with Crippen LogP contribution in [0.25, 0.3) is 11.1 Å². The Labute approximate surface area is 182 Å². The van der Waals surface area contributed by atoms with Crippen molar-refractivity contribution >= 4 is 18.1 Å². The molecule has 0 spiro atoms. The zero-order valence-electron chi connectivity index (χ0n) is 16.9. The fourth-order valence-electron chi connectivity index (χ4n) is 3.48. The van der Waals surface area contributed by atoms with E-state index in [0.717, 1.165) is 58.2 Å². The van der Waals surface area contributed by atoms with Gasteiger partial charge in [0.15, 0.2) is 0 Å². The van der Waals surface area contributed by atoms with E-state index in [1.807, 2.05) is 24.3 Å². The van der Waals surface area contributed by atoms with Crippen molar-refractivity contribution in [2.45, 2.75) is 32.8 Å². The minimum atomic E-state index is -0.250. The molecule has 0 atom stereocenters. The lowest BCUT2D eigenvalue weighted by Crippen LogP contribution is -1.98. The monoisotopic (exact) mass is 424 g/mol. The van der Waals surface area contributed by atoms with Crippen LogP contribution in [0, 0.1) is 6.92 Å². The largest absolute Gasteiger partial charge is 0.493 e. The second-order valence-corrected chi connectivity index (χ2v) is 7.49. The van der Waals surface area contributed by atoms with E-state index in [0.29, 0.717) is 6.61 Å². The van der Waals surface area contributed by atoms with Gasteiger partial charge in [-0.1, -0.05) is 48.0 Å². The molecule has 0 bridgehead atoms. The minimum absolute atomic E-state index is 0.250. The number of rotatable bonds is 4. The Bertz CT molecular complexity index is 1000. The first-order valence-corrected chi connectivity index (χ1v) is 10.3. The average molecular weight is 425 g/mol. The van der Waals surface area contributed by atoms with Gasteiger partial charge < -0.3 is 14.6 Å². The van der Waals surface area contributed by atoms with Crippen molar-refractivity contribution in [1.29, 1.82) is 0 Å². The average Bonchev–Trinajstić information content (AvgIpc) is 3.00. The third kappa shape index (κ3) is 5.55. The quantitative estimate of drug-likeness (QED) is 0.498. The van der Waals surface area contributed by atoms with E-state index in [9.17, 15) is 0 Å². The summed E-state index contributed by atoms with van der Waals surface area (Å²) in [6, 6.07) is 20.6. The van der Waals surface area contributed by atoms with Gasteiger partial charge in [0.2, 0.25) is 0 Å². The van der Waals surface area contributed by atoms with Gasteiger partial charge in [0, 0.05) is 11.1 Å². The summed E-state index contributed by atoms with van der Waals surface area (Å²) in [4.78, 5) is 8.36. The zero-order chi connectivity index (χ0) is 21.3. The van der Waals surface area contributed by atoms with Gasteiger partial charge in [-0.2, -0.15) is 0 Å². The molecule has 30 heavy (non-hydrogen) atoms. The van der Waals surface area contributed by atoms with Crippen LogP contribution in [-0.2, 0) is 17.8 Å². The number of benzene rings is 3. The molecule has 4 rings (SSSR count). The van der Waals surface area contributed by atoms with E-state index < -0.39 is 0 Å². The molecule has 0 unspecified atom stereocenters. The summed E-state index contributed by atoms with van der Waals surface area (Å²) in [6.45, 7) is 3.11. The molecule has 1 aliphatic rings. The predicted molar refractivity (Wildman–Crippen MR) is 120 cm³/mol. The van der Waals surface area contributed by atoms with E-state index in [1.54, 1.807) is 0 Å². The highest BCUT2D eigenvalue weighted by Crippen LogP contribution is 2.31. The van der Waals surface area contributed by atoms with Gasteiger partial charge in [-0.25, -0.2) is 0 Å². The Morgan fingerprint density at radius 1 is 1.10 bits per heavy atom. The fourth-order valence-corrected chi connectivity index (χ4v) is 3.66. The van der Waals surface area contributed by atoms with Crippen molar-refractivity contribution < 1.29 is 19.4 Å². The van der Waals surface area contributed by atoms with Crippen LogP contribution in [0.2, 0.25) is 5.02 Å². The summed E-state index contributed by atoms with van der Waals surface area (Å²) < 4.78 is 11.9. The third-order valence-electron chi connectivity index (χ3n) is 5.05. The van der Waals surface area contributed by atoms with E-state index >= 15 is 0 Å². The highest BCUT2D eigenvalue weighted by Gasteiger charge is 2.10. The van der Waals surface area contributed by atoms with Crippen molar-refractivity contribution in [2.75, 3.05) is 6.61 Å². The van der Waals surface area contributed by atoms with Crippen molar-refractivity contribution in [2.24, 2.45) is 0 Å². The SMILES string of the molecule is Cc1c(Cl)cccc1-c1cccc(COc2ccc3c(c2)OCCCC3)c1.O=CO. The van der Waals surface area contributed by atoms with Gasteiger partial charge in [0.25, 0.3) is 6.47 Å². The summed E-state index contributed by atoms with van der Waals surface area (Å²) in [5, 5.41) is 7.68. The lowest BCUT2D eigenvalue weighted by atomic mass is 9.99. The van der Waals surface area contributed by atoms with Crippen LogP contribution in [0.5, 0.6) is 11.5 Å². The Hall–Kier alpha value is -2.98. The van der Waals surface area contributed by atoms with Crippen LogP contribution in [0.4, 0.5) is 0 Å². The first kappa shape index (κ1) is 21.7. The van der Waals surface area contributed by atoms with Crippen molar-refractivity contribution in [3.05, 3.63) is 82.4 Å². The maximum Gasteiger partial charge on any atom is 0.290 e. The summed E-state index contributed by atoms with van der Waals surface area (Å²) in [6.07, 6.45) is 3.38. The summed E-state index contributed by atoms with van der Waals surface area (Å²) in [5.74, 6) is 1.81. The number of carbonyl (C=O) groups is 1. The summed E-state index contributed by atoms with van der Waals surface area (Å²) in [5.41, 5.74) is 5.81. The standard InChI is InChI=1S/C24H23ClO2.CH2O2/c1-17-22(9-5-10-23(17)25)20-8-4-6-18(14-20)16-27-21-12-11-19-7-2-3-13-26-24(19)15-21;2-1-3/h4-6,8-12,14-15H,2-3,7,13,16H2,1H3;1H,(H,2,3). The smallest absolute Gasteiger partial charge is 0.290 e. The second-order valence-electron chi connectivity index (χ2n) is 7.08. The van der Waals surface area contributed by atoms with Crippen LogP contribution in [-0.4, -0.2) is 18.2 Å². The van der Waals surface area contributed by atoms with Crippen molar-refractivity contribution in [1.82, 2.24) is 0 Å². The van der Waals surface area contributed by atoms with Crippen LogP contribution in [0.1, 0.15) is 29.5 Å². The van der Waals surface area contributed by atoms with Gasteiger partial charge in [-0.3, -0.25) is 4.79 Å². The third-order valence-corrected chi connectivity index (χ3v) is 5.46. The Kier molecular flexibility index (Phi) is 7.75. The van der Waals surface area contributed by atoms with E-state index in [4.69, 9.17) is 31.0 Å². The minimum Gasteiger partial charge on any atom is -0.493 e. The van der Waals surface area contributed by atoms with Crippen molar-refractivity contribution in [3.63, 3.8) is 0 Å². The predicted octanol–water partition coefficient (Wildman–Crippen LogP) is 6.31. The molecule has 0 saturated carbocycles. The molecule has 3 aromatic carbocycles. The molecular formula is C25H25ClO4. The number of halogens is 1. The van der Waals surface area contributed by atoms with Crippen LogP contribution in [0.3, 0.4) is 0 Å². The second kappa shape index (κ2) is 10.7. The molecule has 156 valence electrons. The van der Waals surface area contributed by atoms with Gasteiger partial charge in [0.1, 0.15) is 18.1 Å². The molecule has 0 amide bonds. The van der Waals surface area contributed by atoms with E-state index in [1.165, 1.54) is 12.0 Å². The molecule has 0 saturated heterocycles. The highest BCUT2D eigenvalue weighted by atomic mass is 35.5. The molecular weight excluding hydrogens is 400 g/mol. The number of carboxylic acid groups (broad SMARTS) is 1. The van der Waals surface area contributed by atoms with Gasteiger partial charge in [0.05, 0.1) is 6.61 Å². The van der Waals surface area contributed by atoms with E-state index in [-0.39, 0.29) is 6.47 Å². The topological polar surface area (TPSA) is 55.8 Å². The molecule has 0 radical (unpaired) electrons. The van der Waals surface area contributed by atoms with Crippen LogP contribution < -0.4 is 9.47 Å². The number of hydrogen-bond acceptors (Lipinski definition) is 3. The molecule has 5 heteroatoms. The first-order valence-electron chi connectivity index (χ1n) is 9.93. The maximum atomic E-state index is 8.36. The Balaban J connectivity index is 0.000000806. The van der Waals surface area contributed by atoms with E-state index in [2.05, 4.69) is 43.3 Å². The number of aryl methyl sites for hydroxylation is 1. The Morgan fingerprint density at radius 2 is 1.90 bits per heavy atom. The molecule has 3 aromatic rings. The summed E-state index contributed by atoms with van der Waals surface area (Å²) in [7, 11) is 0. The van der Waals surface area contributed by atoms with Crippen molar-refractivity contribution in [3.8, 4) is 22.6 Å². The molecule has 0 aliphatic carbocycles. The number of hydrogen-bond donors (Lipinski definition) is 1. The normalized spacial score (nSPS) is 12.5. The maximum absolute atomic E-state index is 8.36. The number of ether oxygens (including phenoxy) is 2. The molecule has 4 nitrogen and oxygen atoms in total. The lowest BCUT2D eigenvalue weighted by Gasteiger charge is -2.12. The molecule has 0 aromatic heterocycles. The highest BCUT2D eigenvalue weighted by molar-refractivity contribution is 6.31. The van der Waals surface area contributed by atoms with Crippen LogP contribution >= 0.6 is 11.6 Å². The van der Waals surface area contributed by atoms with Crippen LogP contribution in [0.15, 0.2) is 60.7 Å². The first-order chi connectivity index (χ1) is 14.6. The lowest BCUT2D eigenvalue weighted by molar-refractivity contribution is -0.122. The van der Waals surface area contributed by atoms with Gasteiger partial charge in [-0.05, 0) is 72.2 Å². The van der Waals surface area contributed by atoms with Gasteiger partial charge >= 0.3 is 0 Å².